The summed E-state index contributed by atoms with van der Waals surface area (Å²) in [7, 11) is 0. The molecule has 1 N–H and O–H groups in total. The van der Waals surface area contributed by atoms with Gasteiger partial charge in [0.2, 0.25) is 0 Å². The minimum absolute atomic E-state index is 0.786. The number of hydrogen-bond acceptors (Lipinski definition) is 1. The zero-order valence-corrected chi connectivity index (χ0v) is 13.4. The van der Waals surface area contributed by atoms with Crippen molar-refractivity contribution in [3.8, 4) is 0 Å². The molecule has 2 aromatic carbocycles. The lowest BCUT2D eigenvalue weighted by atomic mass is 9.77. The first kappa shape index (κ1) is 15.3. The molecule has 0 amide bonds. The molecule has 2 aromatic rings. The summed E-state index contributed by atoms with van der Waals surface area (Å²) in [4.78, 5) is 0. The number of hydrogen-bond donors (Lipinski definition) is 1. The summed E-state index contributed by atoms with van der Waals surface area (Å²) in [6.07, 6.45) is 6.87. The Morgan fingerprint density at radius 1 is 0.864 bits per heavy atom. The van der Waals surface area contributed by atoms with Crippen molar-refractivity contribution < 1.29 is 0 Å². The van der Waals surface area contributed by atoms with Gasteiger partial charge in [-0.1, -0.05) is 73.5 Å². The summed E-state index contributed by atoms with van der Waals surface area (Å²) in [6, 6.07) is 21.8. The molecule has 0 bridgehead atoms. The van der Waals surface area contributed by atoms with E-state index in [9.17, 15) is 0 Å². The molecule has 1 nitrogen and oxygen atoms in total. The van der Waals surface area contributed by atoms with E-state index in [4.69, 9.17) is 0 Å². The Morgan fingerprint density at radius 3 is 2.36 bits per heavy atom. The fourth-order valence-corrected chi connectivity index (χ4v) is 3.72. The van der Waals surface area contributed by atoms with Crippen LogP contribution >= 0.6 is 0 Å². The molecular formula is C21H27N. The van der Waals surface area contributed by atoms with E-state index < -0.39 is 0 Å². The topological polar surface area (TPSA) is 12.0 Å². The summed E-state index contributed by atoms with van der Waals surface area (Å²) in [6.45, 7) is 2.14. The molecule has 0 aliphatic heterocycles. The highest BCUT2D eigenvalue weighted by molar-refractivity contribution is 5.20. The van der Waals surface area contributed by atoms with Crippen molar-refractivity contribution in [2.75, 3.05) is 6.54 Å². The Bertz CT molecular complexity index is 534. The van der Waals surface area contributed by atoms with Gasteiger partial charge in [-0.3, -0.25) is 0 Å². The van der Waals surface area contributed by atoms with Gasteiger partial charge in [-0.2, -0.15) is 0 Å². The van der Waals surface area contributed by atoms with Gasteiger partial charge in [0.15, 0.2) is 0 Å². The first-order valence-electron chi connectivity index (χ1n) is 8.71. The highest BCUT2D eigenvalue weighted by atomic mass is 14.8. The molecule has 1 aliphatic carbocycles. The maximum absolute atomic E-state index is 3.60. The first-order chi connectivity index (χ1) is 10.9. The normalized spacial score (nSPS) is 21.6. The van der Waals surface area contributed by atoms with Crippen LogP contribution in [0.25, 0.3) is 0 Å². The Kier molecular flexibility index (Phi) is 5.66. The van der Waals surface area contributed by atoms with Crippen LogP contribution in [0, 0.1) is 5.92 Å². The highest BCUT2D eigenvalue weighted by Gasteiger charge is 2.22. The minimum atomic E-state index is 0.786. The highest BCUT2D eigenvalue weighted by Crippen LogP contribution is 2.37. The number of nitrogens with one attached hydrogen (secondary N) is 1. The SMILES string of the molecule is c1ccc(CNCC[C@H]2CCC[C@@H](c3ccccc3)C2)cc1. The summed E-state index contributed by atoms with van der Waals surface area (Å²) >= 11 is 0. The molecule has 0 saturated heterocycles. The van der Waals surface area contributed by atoms with E-state index in [0.29, 0.717) is 0 Å². The van der Waals surface area contributed by atoms with Gasteiger partial charge in [-0.05, 0) is 48.8 Å². The summed E-state index contributed by atoms with van der Waals surface area (Å²) < 4.78 is 0. The van der Waals surface area contributed by atoms with E-state index in [-0.39, 0.29) is 0 Å². The van der Waals surface area contributed by atoms with Gasteiger partial charge >= 0.3 is 0 Å². The van der Waals surface area contributed by atoms with Gasteiger partial charge in [0, 0.05) is 6.54 Å². The van der Waals surface area contributed by atoms with Crippen LogP contribution in [0.15, 0.2) is 60.7 Å². The molecule has 2 atom stereocenters. The molecule has 1 heteroatoms. The molecule has 116 valence electrons. The standard InChI is InChI=1S/C21H27N/c1-3-8-19(9-4-1)17-22-15-14-18-10-7-13-21(16-18)20-11-5-2-6-12-20/h1-6,8-9,11-12,18,21-22H,7,10,13-17H2/t18-,21-/m1/s1. The van der Waals surface area contributed by atoms with Gasteiger partial charge in [0.25, 0.3) is 0 Å². The maximum Gasteiger partial charge on any atom is 0.0205 e. The lowest BCUT2D eigenvalue weighted by Crippen LogP contribution is -2.21. The average molecular weight is 293 g/mol. The van der Waals surface area contributed by atoms with E-state index in [1.807, 2.05) is 0 Å². The van der Waals surface area contributed by atoms with Crippen molar-refractivity contribution >= 4 is 0 Å². The molecule has 0 unspecified atom stereocenters. The second-order valence-corrected chi connectivity index (χ2v) is 6.59. The largest absolute Gasteiger partial charge is 0.313 e. The van der Waals surface area contributed by atoms with Crippen molar-refractivity contribution in [1.82, 2.24) is 5.32 Å². The van der Waals surface area contributed by atoms with Crippen LogP contribution in [0.2, 0.25) is 0 Å². The summed E-state index contributed by atoms with van der Waals surface area (Å²) in [5.74, 6) is 1.68. The predicted molar refractivity (Wildman–Crippen MR) is 93.9 cm³/mol. The van der Waals surface area contributed by atoms with Crippen LogP contribution in [0.4, 0.5) is 0 Å². The van der Waals surface area contributed by atoms with Crippen LogP contribution in [-0.4, -0.2) is 6.54 Å². The summed E-state index contributed by atoms with van der Waals surface area (Å²) in [5, 5.41) is 3.60. The van der Waals surface area contributed by atoms with Crippen molar-refractivity contribution in [2.45, 2.75) is 44.6 Å². The van der Waals surface area contributed by atoms with Crippen LogP contribution in [0.5, 0.6) is 0 Å². The van der Waals surface area contributed by atoms with Crippen molar-refractivity contribution in [3.05, 3.63) is 71.8 Å². The quantitative estimate of drug-likeness (QED) is 0.727. The van der Waals surface area contributed by atoms with Gasteiger partial charge in [-0.15, -0.1) is 0 Å². The molecule has 1 fully saturated rings. The van der Waals surface area contributed by atoms with E-state index in [0.717, 1.165) is 24.9 Å². The van der Waals surface area contributed by atoms with E-state index >= 15 is 0 Å². The lowest BCUT2D eigenvalue weighted by Gasteiger charge is -2.29. The molecule has 0 heterocycles. The Hall–Kier alpha value is -1.60. The van der Waals surface area contributed by atoms with Gasteiger partial charge in [0.05, 0.1) is 0 Å². The smallest absolute Gasteiger partial charge is 0.0205 e. The third-order valence-electron chi connectivity index (χ3n) is 4.96. The molecule has 22 heavy (non-hydrogen) atoms. The van der Waals surface area contributed by atoms with Crippen LogP contribution in [0.3, 0.4) is 0 Å². The third kappa shape index (κ3) is 4.45. The zero-order valence-electron chi connectivity index (χ0n) is 13.4. The Labute approximate surface area is 134 Å². The molecule has 1 saturated carbocycles. The number of benzene rings is 2. The van der Waals surface area contributed by atoms with E-state index in [2.05, 4.69) is 66.0 Å². The zero-order chi connectivity index (χ0) is 15.0. The Morgan fingerprint density at radius 2 is 1.59 bits per heavy atom. The summed E-state index contributed by atoms with van der Waals surface area (Å²) in [5.41, 5.74) is 2.93. The maximum atomic E-state index is 3.60. The van der Waals surface area contributed by atoms with Gasteiger partial charge in [0.1, 0.15) is 0 Å². The number of rotatable bonds is 6. The van der Waals surface area contributed by atoms with Crippen LogP contribution in [-0.2, 0) is 6.54 Å². The molecule has 1 aliphatic rings. The van der Waals surface area contributed by atoms with E-state index in [1.54, 1.807) is 5.56 Å². The second kappa shape index (κ2) is 8.14. The third-order valence-corrected chi connectivity index (χ3v) is 4.96. The van der Waals surface area contributed by atoms with E-state index in [1.165, 1.54) is 37.7 Å². The minimum Gasteiger partial charge on any atom is -0.313 e. The molecule has 0 spiro atoms. The van der Waals surface area contributed by atoms with Crippen molar-refractivity contribution in [3.63, 3.8) is 0 Å². The molecule has 0 aromatic heterocycles. The fourth-order valence-electron chi connectivity index (χ4n) is 3.72. The molecule has 0 radical (unpaired) electrons. The molecule has 3 rings (SSSR count). The van der Waals surface area contributed by atoms with Crippen molar-refractivity contribution in [1.29, 1.82) is 0 Å². The fraction of sp³-hybridized carbons (Fsp3) is 0.429. The van der Waals surface area contributed by atoms with Gasteiger partial charge in [-0.25, -0.2) is 0 Å². The average Bonchev–Trinajstić information content (AvgIpc) is 2.61. The van der Waals surface area contributed by atoms with Crippen LogP contribution < -0.4 is 5.32 Å². The molecular weight excluding hydrogens is 266 g/mol. The first-order valence-corrected chi connectivity index (χ1v) is 8.71. The van der Waals surface area contributed by atoms with Crippen LogP contribution in [0.1, 0.15) is 49.1 Å². The van der Waals surface area contributed by atoms with Gasteiger partial charge < -0.3 is 5.32 Å². The second-order valence-electron chi connectivity index (χ2n) is 6.59. The van der Waals surface area contributed by atoms with Crippen molar-refractivity contribution in [2.24, 2.45) is 5.92 Å². The predicted octanol–water partition coefficient (Wildman–Crippen LogP) is 5.14. The monoisotopic (exact) mass is 293 g/mol. The lowest BCUT2D eigenvalue weighted by molar-refractivity contribution is 0.302. The Balaban J connectivity index is 1.41.